The molecule has 0 amide bonds. The summed E-state index contributed by atoms with van der Waals surface area (Å²) in [6.45, 7) is 6.12. The van der Waals surface area contributed by atoms with Crippen molar-refractivity contribution in [2.24, 2.45) is 51.3 Å². The minimum Gasteiger partial charge on any atom is -0.394 e. The third kappa shape index (κ3) is 4.46. The molecule has 4 aliphatic rings. The molecule has 4 rings (SSSR count). The molecule has 31 heavy (non-hydrogen) atoms. The molecule has 4 aliphatic carbocycles. The second-order valence-corrected chi connectivity index (χ2v) is 11.4. The number of nitrogens with zero attached hydrogens (tertiary/aromatic N) is 1. The highest BCUT2D eigenvalue weighted by molar-refractivity contribution is 5.74. The van der Waals surface area contributed by atoms with Gasteiger partial charge in [-0.15, -0.1) is 0 Å². The zero-order valence-electron chi connectivity index (χ0n) is 19.6. The summed E-state index contributed by atoms with van der Waals surface area (Å²) in [5.41, 5.74) is 6.22. The maximum Gasteiger partial charge on any atom is 0.185 e. The van der Waals surface area contributed by atoms with Gasteiger partial charge >= 0.3 is 0 Å². The molecular weight excluding hydrogens is 388 g/mol. The lowest BCUT2D eigenvalue weighted by atomic mass is 9.44. The van der Waals surface area contributed by atoms with Crippen LogP contribution < -0.4 is 11.1 Å². The predicted molar refractivity (Wildman–Crippen MR) is 125 cm³/mol. The molecule has 0 aromatic rings. The Hall–Kier alpha value is -1.30. The summed E-state index contributed by atoms with van der Waals surface area (Å²) < 4.78 is 0. The molecule has 8 atom stereocenters. The number of hydrogen-bond acceptors (Lipinski definition) is 4. The van der Waals surface area contributed by atoms with E-state index in [9.17, 15) is 5.11 Å². The normalized spacial score (nSPS) is 44.4. The highest BCUT2D eigenvalue weighted by atomic mass is 16.6. The van der Waals surface area contributed by atoms with Crippen molar-refractivity contribution in [2.45, 2.75) is 90.6 Å². The lowest BCUT2D eigenvalue weighted by Gasteiger charge is -2.61. The van der Waals surface area contributed by atoms with Crippen molar-refractivity contribution in [3.63, 3.8) is 0 Å². The molecule has 6 heteroatoms. The number of oxime groups is 1. The van der Waals surface area contributed by atoms with Crippen molar-refractivity contribution >= 4 is 12.2 Å². The SMILES string of the molecule is C[C@]12CCC(O)CC1CC[C@@H]1[C@H]2CC[C@]2(C)C(CC/C=N/OCCNC(=N)N)CC[C@@H]12. The van der Waals surface area contributed by atoms with Crippen LogP contribution in [0, 0.1) is 45.8 Å². The van der Waals surface area contributed by atoms with Gasteiger partial charge in [0.05, 0.1) is 12.6 Å². The van der Waals surface area contributed by atoms with E-state index in [1.807, 2.05) is 6.21 Å². The van der Waals surface area contributed by atoms with Crippen LogP contribution in [-0.4, -0.2) is 36.5 Å². The van der Waals surface area contributed by atoms with Gasteiger partial charge in [-0.05, 0) is 111 Å². The van der Waals surface area contributed by atoms with Gasteiger partial charge in [0.25, 0.3) is 0 Å². The van der Waals surface area contributed by atoms with Crippen molar-refractivity contribution in [1.29, 1.82) is 5.41 Å². The average Bonchev–Trinajstić information content (AvgIpc) is 3.06. The van der Waals surface area contributed by atoms with Gasteiger partial charge in [-0.3, -0.25) is 5.41 Å². The molecular formula is C25H44N4O2. The van der Waals surface area contributed by atoms with Crippen molar-refractivity contribution in [3.05, 3.63) is 0 Å². The molecule has 5 N–H and O–H groups in total. The van der Waals surface area contributed by atoms with E-state index in [4.69, 9.17) is 16.0 Å². The number of aliphatic hydroxyl groups is 1. The Morgan fingerprint density at radius 1 is 1.13 bits per heavy atom. The average molecular weight is 433 g/mol. The van der Waals surface area contributed by atoms with Crippen LogP contribution in [-0.2, 0) is 4.84 Å². The maximum absolute atomic E-state index is 10.2. The topological polar surface area (TPSA) is 104 Å². The van der Waals surface area contributed by atoms with Crippen molar-refractivity contribution in [2.75, 3.05) is 13.2 Å². The third-order valence-electron chi connectivity index (χ3n) is 10.1. The summed E-state index contributed by atoms with van der Waals surface area (Å²) in [6.07, 6.45) is 15.7. The number of aliphatic hydroxyl groups excluding tert-OH is 1. The first-order valence-corrected chi connectivity index (χ1v) is 12.7. The Balaban J connectivity index is 1.30. The first-order valence-electron chi connectivity index (χ1n) is 12.7. The zero-order chi connectivity index (χ0) is 22.1. The van der Waals surface area contributed by atoms with Crippen LogP contribution in [0.3, 0.4) is 0 Å². The molecule has 0 aromatic carbocycles. The van der Waals surface area contributed by atoms with Gasteiger partial charge in [0.15, 0.2) is 5.96 Å². The smallest absolute Gasteiger partial charge is 0.185 e. The standard InChI is InChI=1S/C25H44N4O2/c1-24-12-10-22-20(7-5-18-16-19(30)9-11-25(18,22)2)21(24)8-6-17(24)4-3-13-29-31-15-14-28-23(26)27/h13,17-22,30H,3-12,14-16H2,1-2H3,(H4,26,27,28)/b29-13+/t17?,18?,19?,20-,21-,22+,24+,25-/m0/s1. The summed E-state index contributed by atoms with van der Waals surface area (Å²) in [6, 6.07) is 0. The van der Waals surface area contributed by atoms with E-state index in [1.165, 1.54) is 51.4 Å². The van der Waals surface area contributed by atoms with Crippen LogP contribution in [0.15, 0.2) is 5.16 Å². The van der Waals surface area contributed by atoms with Gasteiger partial charge in [-0.2, -0.15) is 0 Å². The van der Waals surface area contributed by atoms with E-state index in [0.717, 1.165) is 48.9 Å². The Labute approximate surface area is 188 Å². The fraction of sp³-hybridized carbons (Fsp3) is 0.920. The van der Waals surface area contributed by atoms with E-state index >= 15 is 0 Å². The minimum absolute atomic E-state index is 0.0325. The molecule has 0 aliphatic heterocycles. The maximum atomic E-state index is 10.2. The quantitative estimate of drug-likeness (QED) is 0.209. The zero-order valence-corrected chi connectivity index (χ0v) is 19.6. The molecule has 0 heterocycles. The highest BCUT2D eigenvalue weighted by Crippen LogP contribution is 2.67. The Morgan fingerprint density at radius 2 is 1.90 bits per heavy atom. The van der Waals surface area contributed by atoms with E-state index in [2.05, 4.69) is 24.3 Å². The Morgan fingerprint density at radius 3 is 2.71 bits per heavy atom. The van der Waals surface area contributed by atoms with E-state index in [0.29, 0.717) is 24.0 Å². The summed E-state index contributed by atoms with van der Waals surface area (Å²) in [7, 11) is 0. The van der Waals surface area contributed by atoms with Crippen molar-refractivity contribution in [3.8, 4) is 0 Å². The van der Waals surface area contributed by atoms with Gasteiger partial charge in [0.2, 0.25) is 0 Å². The van der Waals surface area contributed by atoms with E-state index in [-0.39, 0.29) is 12.1 Å². The van der Waals surface area contributed by atoms with Crippen LogP contribution >= 0.6 is 0 Å². The van der Waals surface area contributed by atoms with Gasteiger partial charge in [-0.25, -0.2) is 0 Å². The lowest BCUT2D eigenvalue weighted by Crippen LogP contribution is -2.53. The van der Waals surface area contributed by atoms with Gasteiger partial charge in [-0.1, -0.05) is 19.0 Å². The molecule has 6 nitrogen and oxygen atoms in total. The van der Waals surface area contributed by atoms with Gasteiger partial charge < -0.3 is 21.0 Å². The van der Waals surface area contributed by atoms with Gasteiger partial charge in [0, 0.05) is 6.21 Å². The molecule has 0 spiro atoms. The lowest BCUT2D eigenvalue weighted by molar-refractivity contribution is -0.126. The minimum atomic E-state index is -0.0459. The monoisotopic (exact) mass is 432 g/mol. The summed E-state index contributed by atoms with van der Waals surface area (Å²) >= 11 is 0. The summed E-state index contributed by atoms with van der Waals surface area (Å²) in [5, 5.41) is 24.1. The van der Waals surface area contributed by atoms with Crippen LogP contribution in [0.1, 0.15) is 84.5 Å². The van der Waals surface area contributed by atoms with E-state index < -0.39 is 0 Å². The number of hydrogen-bond donors (Lipinski definition) is 4. The summed E-state index contributed by atoms with van der Waals surface area (Å²) in [5.74, 6) is 4.21. The molecule has 3 unspecified atom stereocenters. The second-order valence-electron chi connectivity index (χ2n) is 11.4. The molecule has 0 radical (unpaired) electrons. The number of nitrogens with one attached hydrogen (secondary N) is 2. The van der Waals surface area contributed by atoms with Crippen molar-refractivity contribution < 1.29 is 9.94 Å². The Bertz CT molecular complexity index is 670. The molecule has 4 fully saturated rings. The fourth-order valence-corrected chi connectivity index (χ4v) is 8.48. The van der Waals surface area contributed by atoms with E-state index in [1.54, 1.807) is 0 Å². The number of nitrogens with two attached hydrogens (primary N) is 1. The molecule has 176 valence electrons. The van der Waals surface area contributed by atoms with Crippen LogP contribution in [0.2, 0.25) is 0 Å². The van der Waals surface area contributed by atoms with Gasteiger partial charge in [0.1, 0.15) is 6.61 Å². The first-order chi connectivity index (χ1) is 14.8. The number of guanidine groups is 1. The van der Waals surface area contributed by atoms with Crippen LogP contribution in [0.25, 0.3) is 0 Å². The van der Waals surface area contributed by atoms with Crippen molar-refractivity contribution in [1.82, 2.24) is 5.32 Å². The third-order valence-corrected chi connectivity index (χ3v) is 10.1. The first kappa shape index (κ1) is 22.9. The number of fused-ring (bicyclic) bond motifs is 5. The second kappa shape index (κ2) is 9.29. The fourth-order valence-electron chi connectivity index (χ4n) is 8.48. The van der Waals surface area contributed by atoms with Crippen LogP contribution in [0.4, 0.5) is 0 Å². The molecule has 0 aromatic heterocycles. The summed E-state index contributed by atoms with van der Waals surface area (Å²) in [4.78, 5) is 5.26. The number of rotatable bonds is 7. The molecule has 0 bridgehead atoms. The predicted octanol–water partition coefficient (Wildman–Crippen LogP) is 4.27. The Kier molecular flexibility index (Phi) is 6.85. The van der Waals surface area contributed by atoms with Crippen LogP contribution in [0.5, 0.6) is 0 Å². The molecule has 0 saturated heterocycles. The molecule has 4 saturated carbocycles. The largest absolute Gasteiger partial charge is 0.394 e. The highest BCUT2D eigenvalue weighted by Gasteiger charge is 2.59.